The summed E-state index contributed by atoms with van der Waals surface area (Å²) in [4.78, 5) is 16.2. The van der Waals surface area contributed by atoms with Crippen LogP contribution in [0.1, 0.15) is 43.6 Å². The van der Waals surface area contributed by atoms with Gasteiger partial charge in [0.25, 0.3) is 0 Å². The van der Waals surface area contributed by atoms with Crippen molar-refractivity contribution in [2.24, 2.45) is 4.99 Å². The van der Waals surface area contributed by atoms with Crippen molar-refractivity contribution in [3.8, 4) is 5.82 Å². The number of hydrogen-bond donors (Lipinski definition) is 2. The number of nitrogens with one attached hydrogen (secondary N) is 2. The number of aryl methyl sites for hydroxylation is 1. The summed E-state index contributed by atoms with van der Waals surface area (Å²) < 4.78 is 1.98. The van der Waals surface area contributed by atoms with Gasteiger partial charge in [0, 0.05) is 50.3 Å². The van der Waals surface area contributed by atoms with Crippen LogP contribution >= 0.6 is 0 Å². The summed E-state index contributed by atoms with van der Waals surface area (Å²) in [7, 11) is 0. The topological polar surface area (TPSA) is 70.4 Å². The van der Waals surface area contributed by atoms with E-state index in [1.165, 1.54) is 5.56 Å². The van der Waals surface area contributed by atoms with Crippen LogP contribution in [0.2, 0.25) is 0 Å². The summed E-state index contributed by atoms with van der Waals surface area (Å²) in [6.45, 7) is 9.94. The first-order valence-corrected chi connectivity index (χ1v) is 11.9. The summed E-state index contributed by atoms with van der Waals surface area (Å²) in [5.41, 5.74) is 2.47. The molecule has 2 aromatic heterocycles. The molecule has 1 saturated heterocycles. The zero-order valence-electron chi connectivity index (χ0n) is 19.9. The van der Waals surface area contributed by atoms with Crippen molar-refractivity contribution >= 4 is 5.96 Å². The number of aliphatic imine (C=N–C) groups is 1. The molecule has 4 rings (SSSR count). The second-order valence-corrected chi connectivity index (χ2v) is 8.74. The molecule has 7 heteroatoms. The summed E-state index contributed by atoms with van der Waals surface area (Å²) in [5.74, 6) is 2.68. The van der Waals surface area contributed by atoms with Crippen LogP contribution in [-0.4, -0.2) is 50.6 Å². The molecule has 174 valence electrons. The maximum atomic E-state index is 4.82. The second-order valence-electron chi connectivity index (χ2n) is 8.74. The molecule has 2 N–H and O–H groups in total. The molecule has 3 aromatic rings. The molecule has 1 aromatic carbocycles. The predicted molar refractivity (Wildman–Crippen MR) is 133 cm³/mol. The van der Waals surface area contributed by atoms with Gasteiger partial charge >= 0.3 is 0 Å². The molecule has 7 nitrogen and oxygen atoms in total. The van der Waals surface area contributed by atoms with Gasteiger partial charge in [0.05, 0.1) is 6.54 Å². The van der Waals surface area contributed by atoms with E-state index in [1.54, 1.807) is 6.20 Å². The van der Waals surface area contributed by atoms with Crippen LogP contribution in [0, 0.1) is 6.92 Å². The number of hydrogen-bond acceptors (Lipinski definition) is 4. The van der Waals surface area contributed by atoms with Crippen molar-refractivity contribution in [2.45, 2.75) is 58.8 Å². The molecule has 0 radical (unpaired) electrons. The van der Waals surface area contributed by atoms with E-state index in [4.69, 9.17) is 4.99 Å². The van der Waals surface area contributed by atoms with E-state index in [9.17, 15) is 0 Å². The molecule has 0 aliphatic carbocycles. The first-order chi connectivity index (χ1) is 16.1. The second kappa shape index (κ2) is 11.1. The molecular weight excluding hydrogens is 410 g/mol. The van der Waals surface area contributed by atoms with Gasteiger partial charge in [-0.15, -0.1) is 0 Å². The molecule has 3 heterocycles. The highest BCUT2D eigenvalue weighted by Crippen LogP contribution is 2.20. The number of pyridine rings is 1. The fraction of sp³-hybridized carbons (Fsp3) is 0.423. The van der Waals surface area contributed by atoms with E-state index < -0.39 is 0 Å². The average molecular weight is 446 g/mol. The third-order valence-electron chi connectivity index (χ3n) is 6.23. The van der Waals surface area contributed by atoms with Gasteiger partial charge in [0.2, 0.25) is 0 Å². The fourth-order valence-electron chi connectivity index (χ4n) is 4.36. The van der Waals surface area contributed by atoms with Crippen LogP contribution in [0.15, 0.2) is 66.0 Å². The van der Waals surface area contributed by atoms with Crippen molar-refractivity contribution in [1.29, 1.82) is 0 Å². The molecular formula is C26H35N7. The minimum absolute atomic E-state index is 0.426. The van der Waals surface area contributed by atoms with Crippen molar-refractivity contribution < 1.29 is 0 Å². The third kappa shape index (κ3) is 6.20. The minimum Gasteiger partial charge on any atom is -0.357 e. The average Bonchev–Trinajstić information content (AvgIpc) is 3.26. The number of aromatic nitrogens is 3. The van der Waals surface area contributed by atoms with E-state index in [0.717, 1.165) is 55.6 Å². The number of guanidine groups is 1. The van der Waals surface area contributed by atoms with Crippen molar-refractivity contribution in [3.63, 3.8) is 0 Å². The van der Waals surface area contributed by atoms with Crippen LogP contribution < -0.4 is 10.6 Å². The zero-order valence-corrected chi connectivity index (χ0v) is 19.9. The Morgan fingerprint density at radius 1 is 1.12 bits per heavy atom. The maximum Gasteiger partial charge on any atom is 0.191 e. The van der Waals surface area contributed by atoms with Gasteiger partial charge in [-0.05, 0) is 50.8 Å². The molecule has 1 aliphatic rings. The van der Waals surface area contributed by atoms with Crippen LogP contribution in [-0.2, 0) is 13.1 Å². The highest BCUT2D eigenvalue weighted by Gasteiger charge is 2.25. The van der Waals surface area contributed by atoms with Gasteiger partial charge in [-0.1, -0.05) is 36.4 Å². The predicted octanol–water partition coefficient (Wildman–Crippen LogP) is 3.68. The first-order valence-electron chi connectivity index (χ1n) is 11.9. The number of rotatable bonds is 7. The Morgan fingerprint density at radius 3 is 2.64 bits per heavy atom. The number of likely N-dealkylation sites (tertiary alicyclic amines) is 1. The molecule has 0 saturated carbocycles. The summed E-state index contributed by atoms with van der Waals surface area (Å²) >= 11 is 0. The van der Waals surface area contributed by atoms with Crippen molar-refractivity contribution in [2.75, 3.05) is 13.1 Å². The third-order valence-corrected chi connectivity index (χ3v) is 6.23. The highest BCUT2D eigenvalue weighted by molar-refractivity contribution is 5.80. The monoisotopic (exact) mass is 445 g/mol. The van der Waals surface area contributed by atoms with Crippen molar-refractivity contribution in [1.82, 2.24) is 30.1 Å². The molecule has 2 atom stereocenters. The minimum atomic E-state index is 0.426. The zero-order chi connectivity index (χ0) is 23.0. The molecule has 0 amide bonds. The highest BCUT2D eigenvalue weighted by atomic mass is 15.2. The smallest absolute Gasteiger partial charge is 0.191 e. The molecule has 0 spiro atoms. The van der Waals surface area contributed by atoms with E-state index in [2.05, 4.69) is 75.7 Å². The van der Waals surface area contributed by atoms with E-state index >= 15 is 0 Å². The normalized spacial score (nSPS) is 19.4. The fourth-order valence-corrected chi connectivity index (χ4v) is 4.36. The summed E-state index contributed by atoms with van der Waals surface area (Å²) in [6.07, 6.45) is 7.83. The number of piperidine rings is 1. The van der Waals surface area contributed by atoms with Gasteiger partial charge in [-0.3, -0.25) is 9.47 Å². The van der Waals surface area contributed by atoms with Crippen LogP contribution in [0.3, 0.4) is 0 Å². The van der Waals surface area contributed by atoms with Gasteiger partial charge in [-0.2, -0.15) is 0 Å². The molecule has 0 bridgehead atoms. The number of imidazole rings is 1. The lowest BCUT2D eigenvalue weighted by Gasteiger charge is -2.38. The Balaban J connectivity index is 1.32. The Bertz CT molecular complexity index is 1030. The standard InChI is InChI=1S/C26H35N7/c1-4-27-26(30-18-23-10-11-25(29-17-23)33-15-13-28-21(33)3)31-24-12-14-32(20(2)16-24)19-22-8-6-5-7-9-22/h5-11,13,15,17,20,24H,4,12,14,16,18-19H2,1-3H3,(H2,27,30,31). The van der Waals surface area contributed by atoms with Gasteiger partial charge < -0.3 is 10.6 Å². The Morgan fingerprint density at radius 2 is 1.97 bits per heavy atom. The van der Waals surface area contributed by atoms with Gasteiger partial charge in [-0.25, -0.2) is 15.0 Å². The van der Waals surface area contributed by atoms with Gasteiger partial charge in [0.1, 0.15) is 11.6 Å². The van der Waals surface area contributed by atoms with Gasteiger partial charge in [0.15, 0.2) is 5.96 Å². The summed E-state index contributed by atoms with van der Waals surface area (Å²) in [6, 6.07) is 15.8. The Hall–Kier alpha value is -3.19. The van der Waals surface area contributed by atoms with Crippen LogP contribution in [0.25, 0.3) is 5.82 Å². The Labute approximate surface area is 197 Å². The first kappa shape index (κ1) is 23.0. The lowest BCUT2D eigenvalue weighted by Crippen LogP contribution is -2.51. The van der Waals surface area contributed by atoms with E-state index in [-0.39, 0.29) is 0 Å². The van der Waals surface area contributed by atoms with Crippen LogP contribution in [0.4, 0.5) is 0 Å². The van der Waals surface area contributed by atoms with Crippen LogP contribution in [0.5, 0.6) is 0 Å². The van der Waals surface area contributed by atoms with E-state index in [0.29, 0.717) is 18.6 Å². The lowest BCUT2D eigenvalue weighted by molar-refractivity contribution is 0.134. The van der Waals surface area contributed by atoms with E-state index in [1.807, 2.05) is 30.0 Å². The van der Waals surface area contributed by atoms with Crippen molar-refractivity contribution in [3.05, 3.63) is 78.0 Å². The molecule has 1 aliphatic heterocycles. The largest absolute Gasteiger partial charge is 0.357 e. The summed E-state index contributed by atoms with van der Waals surface area (Å²) in [5, 5.41) is 7.06. The maximum absolute atomic E-state index is 4.82. The number of benzene rings is 1. The molecule has 33 heavy (non-hydrogen) atoms. The number of nitrogens with zero attached hydrogens (tertiary/aromatic N) is 5. The Kier molecular flexibility index (Phi) is 7.73. The SMILES string of the molecule is CCNC(=NCc1ccc(-n2ccnc2C)nc1)NC1CCN(Cc2ccccc2)C(C)C1. The quantitative estimate of drug-likeness (QED) is 0.429. The lowest BCUT2D eigenvalue weighted by atomic mass is 9.97. The molecule has 2 unspecified atom stereocenters. The molecule has 1 fully saturated rings.